The number of rotatable bonds is 3. The molecule has 0 radical (unpaired) electrons. The first kappa shape index (κ1) is 16.0. The molecule has 2 aliphatic heterocycles. The topological polar surface area (TPSA) is 23.6 Å². The number of carbonyl (C=O) groups excluding carboxylic acids is 1. The van der Waals surface area contributed by atoms with E-state index in [-0.39, 0.29) is 5.92 Å². The van der Waals surface area contributed by atoms with Gasteiger partial charge in [-0.25, -0.2) is 0 Å². The van der Waals surface area contributed by atoms with Gasteiger partial charge >= 0.3 is 0 Å². The highest BCUT2D eigenvalue weighted by molar-refractivity contribution is 9.10. The van der Waals surface area contributed by atoms with Crippen molar-refractivity contribution in [3.05, 3.63) is 34.3 Å². The van der Waals surface area contributed by atoms with Crippen molar-refractivity contribution in [2.75, 3.05) is 26.2 Å². The Bertz CT molecular complexity index is 496. The van der Waals surface area contributed by atoms with E-state index in [4.69, 9.17) is 0 Å². The molecule has 2 heterocycles. The van der Waals surface area contributed by atoms with Crippen molar-refractivity contribution in [3.63, 3.8) is 0 Å². The van der Waals surface area contributed by atoms with Crippen LogP contribution in [0.3, 0.4) is 0 Å². The number of nitrogens with zero attached hydrogens (tertiary/aromatic N) is 2. The lowest BCUT2D eigenvalue weighted by Gasteiger charge is -2.36. The highest BCUT2D eigenvalue weighted by Gasteiger charge is 2.29. The third-order valence-electron chi connectivity index (χ3n) is 4.84. The highest BCUT2D eigenvalue weighted by Crippen LogP contribution is 2.23. The lowest BCUT2D eigenvalue weighted by Crippen LogP contribution is -2.46. The van der Waals surface area contributed by atoms with Crippen LogP contribution >= 0.6 is 15.9 Å². The van der Waals surface area contributed by atoms with Gasteiger partial charge < -0.3 is 4.90 Å². The molecule has 2 saturated heterocycles. The zero-order valence-corrected chi connectivity index (χ0v) is 14.7. The molecule has 0 spiro atoms. The van der Waals surface area contributed by atoms with Crippen LogP contribution in [0.25, 0.3) is 0 Å². The molecule has 1 unspecified atom stereocenters. The molecule has 1 atom stereocenters. The quantitative estimate of drug-likeness (QED) is 0.816. The molecule has 0 saturated carbocycles. The Morgan fingerprint density at radius 2 is 1.77 bits per heavy atom. The van der Waals surface area contributed by atoms with Gasteiger partial charge in [-0.15, -0.1) is 0 Å². The number of benzene rings is 1. The number of amides is 1. The van der Waals surface area contributed by atoms with E-state index < -0.39 is 0 Å². The zero-order chi connectivity index (χ0) is 15.4. The van der Waals surface area contributed by atoms with Gasteiger partial charge in [-0.2, -0.15) is 0 Å². The molecule has 22 heavy (non-hydrogen) atoms. The van der Waals surface area contributed by atoms with Gasteiger partial charge in [-0.3, -0.25) is 9.69 Å². The van der Waals surface area contributed by atoms with Crippen LogP contribution in [0.15, 0.2) is 28.7 Å². The van der Waals surface area contributed by atoms with Gasteiger partial charge in [0, 0.05) is 30.7 Å². The number of piperidine rings is 2. The van der Waals surface area contributed by atoms with Crippen LogP contribution < -0.4 is 0 Å². The number of halogens is 1. The van der Waals surface area contributed by atoms with Gasteiger partial charge in [0.05, 0.1) is 5.92 Å². The minimum absolute atomic E-state index is 0.210. The van der Waals surface area contributed by atoms with E-state index in [1.807, 2.05) is 0 Å². The van der Waals surface area contributed by atoms with Crippen molar-refractivity contribution >= 4 is 21.8 Å². The van der Waals surface area contributed by atoms with Gasteiger partial charge in [0.1, 0.15) is 0 Å². The lowest BCUT2D eigenvalue weighted by atomic mass is 9.95. The summed E-state index contributed by atoms with van der Waals surface area (Å²) in [7, 11) is 0. The molecule has 3 rings (SSSR count). The molecule has 2 fully saturated rings. The lowest BCUT2D eigenvalue weighted by molar-refractivity contribution is -0.138. The normalized spacial score (nSPS) is 23.5. The minimum Gasteiger partial charge on any atom is -0.342 e. The predicted octanol–water partition coefficient (Wildman–Crippen LogP) is 3.67. The average molecular weight is 365 g/mol. The third kappa shape index (κ3) is 4.11. The van der Waals surface area contributed by atoms with Crippen LogP contribution in [0, 0.1) is 5.92 Å². The monoisotopic (exact) mass is 364 g/mol. The fraction of sp³-hybridized carbons (Fsp3) is 0.611. The first-order valence-electron chi connectivity index (χ1n) is 8.48. The summed E-state index contributed by atoms with van der Waals surface area (Å²) in [4.78, 5) is 17.2. The Kier molecular flexibility index (Phi) is 5.53. The molecule has 2 aliphatic rings. The summed E-state index contributed by atoms with van der Waals surface area (Å²) in [5.74, 6) is 0.613. The van der Waals surface area contributed by atoms with Gasteiger partial charge in [0.15, 0.2) is 0 Å². The van der Waals surface area contributed by atoms with Crippen LogP contribution in [0.4, 0.5) is 0 Å². The zero-order valence-electron chi connectivity index (χ0n) is 13.1. The summed E-state index contributed by atoms with van der Waals surface area (Å²) in [6.07, 6.45) is 5.85. The van der Waals surface area contributed by atoms with Crippen molar-refractivity contribution in [1.82, 2.24) is 9.80 Å². The molecule has 3 nitrogen and oxygen atoms in total. The Balaban J connectivity index is 1.56. The van der Waals surface area contributed by atoms with Crippen molar-refractivity contribution < 1.29 is 4.79 Å². The van der Waals surface area contributed by atoms with Crippen LogP contribution in [0.2, 0.25) is 0 Å². The smallest absolute Gasteiger partial charge is 0.226 e. The van der Waals surface area contributed by atoms with Gasteiger partial charge in [0.25, 0.3) is 0 Å². The molecule has 0 aliphatic carbocycles. The van der Waals surface area contributed by atoms with Crippen molar-refractivity contribution in [1.29, 1.82) is 0 Å². The summed E-state index contributed by atoms with van der Waals surface area (Å²) in [6.45, 7) is 4.94. The van der Waals surface area contributed by atoms with Gasteiger partial charge in [-0.1, -0.05) is 28.1 Å². The first-order valence-corrected chi connectivity index (χ1v) is 9.27. The molecule has 0 bridgehead atoms. The molecule has 120 valence electrons. The highest BCUT2D eigenvalue weighted by atomic mass is 79.9. The SMILES string of the molecule is O=C(C1CCCN(Cc2ccc(Br)cc2)C1)N1CCCCC1. The van der Waals surface area contributed by atoms with E-state index in [1.165, 1.54) is 24.8 Å². The standard InChI is InChI=1S/C18H25BrN2O/c19-17-8-6-15(7-9-17)13-20-10-4-5-16(14-20)18(22)21-11-2-1-3-12-21/h6-9,16H,1-5,10-14H2. The first-order chi connectivity index (χ1) is 10.7. The second kappa shape index (κ2) is 7.60. The fourth-order valence-electron chi connectivity index (χ4n) is 3.62. The molecule has 0 N–H and O–H groups in total. The van der Waals surface area contributed by atoms with E-state index in [2.05, 4.69) is 50.0 Å². The van der Waals surface area contributed by atoms with Crippen molar-refractivity contribution in [2.45, 2.75) is 38.6 Å². The van der Waals surface area contributed by atoms with Gasteiger partial charge in [0.2, 0.25) is 5.91 Å². The Morgan fingerprint density at radius 1 is 1.05 bits per heavy atom. The Hall–Kier alpha value is -0.870. The van der Waals surface area contributed by atoms with Crippen LogP contribution in [-0.4, -0.2) is 41.9 Å². The summed E-state index contributed by atoms with van der Waals surface area (Å²) in [5.41, 5.74) is 1.33. The van der Waals surface area contributed by atoms with E-state index in [1.54, 1.807) is 0 Å². The number of hydrogen-bond donors (Lipinski definition) is 0. The number of likely N-dealkylation sites (tertiary alicyclic amines) is 2. The van der Waals surface area contributed by atoms with Gasteiger partial charge in [-0.05, 0) is 56.3 Å². The largest absolute Gasteiger partial charge is 0.342 e. The Labute approximate surface area is 141 Å². The minimum atomic E-state index is 0.210. The van der Waals surface area contributed by atoms with Crippen molar-refractivity contribution in [3.8, 4) is 0 Å². The maximum absolute atomic E-state index is 12.7. The maximum atomic E-state index is 12.7. The fourth-order valence-corrected chi connectivity index (χ4v) is 3.89. The molecule has 1 amide bonds. The average Bonchev–Trinajstić information content (AvgIpc) is 2.57. The summed E-state index contributed by atoms with van der Waals surface area (Å²) in [6, 6.07) is 8.52. The molecule has 4 heteroatoms. The van der Waals surface area contributed by atoms with E-state index in [9.17, 15) is 4.79 Å². The number of hydrogen-bond acceptors (Lipinski definition) is 2. The molecular weight excluding hydrogens is 340 g/mol. The van der Waals surface area contributed by atoms with Crippen LogP contribution in [0.1, 0.15) is 37.7 Å². The van der Waals surface area contributed by atoms with E-state index >= 15 is 0 Å². The predicted molar refractivity (Wildman–Crippen MR) is 92.6 cm³/mol. The third-order valence-corrected chi connectivity index (χ3v) is 5.37. The summed E-state index contributed by atoms with van der Waals surface area (Å²) < 4.78 is 1.12. The Morgan fingerprint density at radius 3 is 2.50 bits per heavy atom. The maximum Gasteiger partial charge on any atom is 0.226 e. The molecule has 0 aromatic heterocycles. The summed E-state index contributed by atoms with van der Waals surface area (Å²) >= 11 is 3.48. The number of carbonyl (C=O) groups is 1. The van der Waals surface area contributed by atoms with Crippen LogP contribution in [0.5, 0.6) is 0 Å². The molecular formula is C18H25BrN2O. The van der Waals surface area contributed by atoms with Crippen LogP contribution in [-0.2, 0) is 11.3 Å². The second-order valence-corrected chi connectivity index (χ2v) is 7.50. The second-order valence-electron chi connectivity index (χ2n) is 6.59. The summed E-state index contributed by atoms with van der Waals surface area (Å²) in [5, 5.41) is 0. The van der Waals surface area contributed by atoms with E-state index in [0.29, 0.717) is 5.91 Å². The van der Waals surface area contributed by atoms with E-state index in [0.717, 1.165) is 50.0 Å². The molecule has 1 aromatic rings. The molecule has 1 aromatic carbocycles. The van der Waals surface area contributed by atoms with Crippen molar-refractivity contribution in [2.24, 2.45) is 5.92 Å².